The van der Waals surface area contributed by atoms with Gasteiger partial charge in [-0.2, -0.15) is 0 Å². The van der Waals surface area contributed by atoms with Crippen LogP contribution in [0.4, 0.5) is 0 Å². The monoisotopic (exact) mass is 276 g/mol. The fourth-order valence-electron chi connectivity index (χ4n) is 2.57. The highest BCUT2D eigenvalue weighted by Crippen LogP contribution is 2.25. The zero-order valence-electron chi connectivity index (χ0n) is 12.2. The molecule has 1 aliphatic rings. The van der Waals surface area contributed by atoms with Crippen molar-refractivity contribution in [3.63, 3.8) is 0 Å². The first-order valence-corrected chi connectivity index (χ1v) is 8.75. The van der Waals surface area contributed by atoms with Crippen molar-refractivity contribution in [2.75, 3.05) is 38.2 Å². The quantitative estimate of drug-likeness (QED) is 0.757. The van der Waals surface area contributed by atoms with Crippen LogP contribution in [-0.4, -0.2) is 57.5 Å². The second-order valence-corrected chi connectivity index (χ2v) is 8.15. The van der Waals surface area contributed by atoms with E-state index in [0.29, 0.717) is 11.5 Å². The minimum atomic E-state index is -2.78. The van der Waals surface area contributed by atoms with Gasteiger partial charge in [0.2, 0.25) is 0 Å². The summed E-state index contributed by atoms with van der Waals surface area (Å²) in [5.41, 5.74) is 0.219. The van der Waals surface area contributed by atoms with Crippen LogP contribution in [0.3, 0.4) is 0 Å². The van der Waals surface area contributed by atoms with Crippen molar-refractivity contribution in [1.82, 2.24) is 10.2 Å². The van der Waals surface area contributed by atoms with E-state index in [-0.39, 0.29) is 11.5 Å². The molecule has 1 aliphatic heterocycles. The molecule has 0 aromatic rings. The van der Waals surface area contributed by atoms with Crippen LogP contribution in [0, 0.1) is 5.41 Å². The van der Waals surface area contributed by atoms with Gasteiger partial charge in [0.05, 0.1) is 11.5 Å². The molecule has 0 radical (unpaired) electrons. The molecule has 4 nitrogen and oxygen atoms in total. The third kappa shape index (κ3) is 4.52. The van der Waals surface area contributed by atoms with Gasteiger partial charge in [0.1, 0.15) is 0 Å². The molecule has 0 aromatic carbocycles. The number of sulfone groups is 1. The fraction of sp³-hybridized carbons (Fsp3) is 1.00. The lowest BCUT2D eigenvalue weighted by Gasteiger charge is -2.35. The van der Waals surface area contributed by atoms with Crippen LogP contribution >= 0.6 is 0 Å². The standard InChI is InChI=1S/C13H28N2O2S/c1-5-13(3,10-14-6-2)11-15(4)12-7-8-18(16,17)9-12/h12,14H,5-11H2,1-4H3. The van der Waals surface area contributed by atoms with Gasteiger partial charge in [0.25, 0.3) is 0 Å². The largest absolute Gasteiger partial charge is 0.316 e. The zero-order valence-corrected chi connectivity index (χ0v) is 13.0. The van der Waals surface area contributed by atoms with Crippen LogP contribution in [0.2, 0.25) is 0 Å². The average Bonchev–Trinajstić information content (AvgIpc) is 2.67. The van der Waals surface area contributed by atoms with E-state index in [1.165, 1.54) is 0 Å². The van der Waals surface area contributed by atoms with Gasteiger partial charge in [-0.3, -0.25) is 0 Å². The Labute approximate surface area is 112 Å². The molecule has 2 atom stereocenters. The number of rotatable bonds is 7. The Morgan fingerprint density at radius 3 is 2.50 bits per heavy atom. The van der Waals surface area contributed by atoms with E-state index in [2.05, 4.69) is 38.0 Å². The van der Waals surface area contributed by atoms with Crippen molar-refractivity contribution in [2.24, 2.45) is 5.41 Å². The third-order valence-corrected chi connectivity index (χ3v) is 5.87. The summed E-state index contributed by atoms with van der Waals surface area (Å²) in [7, 11) is -0.716. The summed E-state index contributed by atoms with van der Waals surface area (Å²) in [6.07, 6.45) is 1.89. The van der Waals surface area contributed by atoms with Crippen LogP contribution in [0.5, 0.6) is 0 Å². The summed E-state index contributed by atoms with van der Waals surface area (Å²) >= 11 is 0. The maximum Gasteiger partial charge on any atom is 0.151 e. The molecule has 5 heteroatoms. The van der Waals surface area contributed by atoms with Crippen molar-refractivity contribution in [3.8, 4) is 0 Å². The zero-order chi connectivity index (χ0) is 13.8. The van der Waals surface area contributed by atoms with Gasteiger partial charge in [-0.05, 0) is 31.8 Å². The van der Waals surface area contributed by atoms with E-state index >= 15 is 0 Å². The number of hydrogen-bond acceptors (Lipinski definition) is 4. The topological polar surface area (TPSA) is 49.4 Å². The minimum absolute atomic E-state index is 0.211. The lowest BCUT2D eigenvalue weighted by Crippen LogP contribution is -2.44. The highest BCUT2D eigenvalue weighted by Gasteiger charge is 2.33. The first kappa shape index (κ1) is 15.9. The Hall–Kier alpha value is -0.130. The third-order valence-electron chi connectivity index (χ3n) is 4.12. The number of nitrogens with zero attached hydrogens (tertiary/aromatic N) is 1. The van der Waals surface area contributed by atoms with Gasteiger partial charge < -0.3 is 10.2 Å². The Kier molecular flexibility index (Phi) is 5.62. The summed E-state index contributed by atoms with van der Waals surface area (Å²) in [4.78, 5) is 2.24. The summed E-state index contributed by atoms with van der Waals surface area (Å²) in [5, 5.41) is 3.41. The smallest absolute Gasteiger partial charge is 0.151 e. The van der Waals surface area contributed by atoms with Crippen LogP contribution in [-0.2, 0) is 9.84 Å². The van der Waals surface area contributed by atoms with Gasteiger partial charge in [-0.1, -0.05) is 20.8 Å². The molecule has 1 saturated heterocycles. The highest BCUT2D eigenvalue weighted by atomic mass is 32.2. The molecule has 0 aromatic heterocycles. The normalized spacial score (nSPS) is 26.4. The van der Waals surface area contributed by atoms with Gasteiger partial charge in [0.15, 0.2) is 9.84 Å². The second kappa shape index (κ2) is 6.35. The molecule has 0 spiro atoms. The maximum atomic E-state index is 11.5. The van der Waals surface area contributed by atoms with Crippen LogP contribution in [0.15, 0.2) is 0 Å². The molecular weight excluding hydrogens is 248 g/mol. The van der Waals surface area contributed by atoms with E-state index in [4.69, 9.17) is 0 Å². The molecule has 0 bridgehead atoms. The first-order chi connectivity index (χ1) is 8.32. The Balaban J connectivity index is 2.54. The molecule has 2 unspecified atom stereocenters. The van der Waals surface area contributed by atoms with Crippen LogP contribution in [0.1, 0.15) is 33.6 Å². The van der Waals surface area contributed by atoms with E-state index in [1.54, 1.807) is 0 Å². The second-order valence-electron chi connectivity index (χ2n) is 5.92. The van der Waals surface area contributed by atoms with Crippen molar-refractivity contribution in [2.45, 2.75) is 39.7 Å². The van der Waals surface area contributed by atoms with Crippen molar-refractivity contribution >= 4 is 9.84 Å². The van der Waals surface area contributed by atoms with Gasteiger partial charge in [-0.25, -0.2) is 8.42 Å². The molecule has 1 rings (SSSR count). The summed E-state index contributed by atoms with van der Waals surface area (Å²) in [5.74, 6) is 0.697. The number of hydrogen-bond donors (Lipinski definition) is 1. The van der Waals surface area contributed by atoms with Crippen molar-refractivity contribution in [3.05, 3.63) is 0 Å². The van der Waals surface area contributed by atoms with Gasteiger partial charge in [0, 0.05) is 19.1 Å². The molecule has 1 N–H and O–H groups in total. The molecule has 0 saturated carbocycles. The Bertz CT molecular complexity index is 356. The summed E-state index contributed by atoms with van der Waals surface area (Å²) in [6.45, 7) is 9.52. The molecular formula is C13H28N2O2S. The summed E-state index contributed by atoms with van der Waals surface area (Å²) in [6, 6.07) is 0.211. The molecule has 1 heterocycles. The Morgan fingerprint density at radius 1 is 1.39 bits per heavy atom. The average molecular weight is 276 g/mol. The molecule has 108 valence electrons. The van der Waals surface area contributed by atoms with Gasteiger partial charge >= 0.3 is 0 Å². The number of nitrogens with one attached hydrogen (secondary N) is 1. The first-order valence-electron chi connectivity index (χ1n) is 6.93. The lowest BCUT2D eigenvalue weighted by atomic mass is 9.86. The molecule has 0 amide bonds. The molecule has 18 heavy (non-hydrogen) atoms. The van der Waals surface area contributed by atoms with Crippen molar-refractivity contribution < 1.29 is 8.42 Å². The van der Waals surface area contributed by atoms with E-state index in [1.807, 2.05) is 0 Å². The summed E-state index contributed by atoms with van der Waals surface area (Å²) < 4.78 is 23.0. The predicted molar refractivity (Wildman–Crippen MR) is 76.6 cm³/mol. The predicted octanol–water partition coefficient (Wildman–Crippen LogP) is 1.13. The highest BCUT2D eigenvalue weighted by molar-refractivity contribution is 7.91. The Morgan fingerprint density at radius 2 is 2.06 bits per heavy atom. The molecule has 0 aliphatic carbocycles. The lowest BCUT2D eigenvalue weighted by molar-refractivity contribution is 0.150. The minimum Gasteiger partial charge on any atom is -0.316 e. The van der Waals surface area contributed by atoms with E-state index in [9.17, 15) is 8.42 Å². The fourth-order valence-corrected chi connectivity index (χ4v) is 4.38. The SMILES string of the molecule is CCNCC(C)(CC)CN(C)C1CCS(=O)(=O)C1. The van der Waals surface area contributed by atoms with Crippen LogP contribution in [0.25, 0.3) is 0 Å². The maximum absolute atomic E-state index is 11.5. The van der Waals surface area contributed by atoms with E-state index < -0.39 is 9.84 Å². The van der Waals surface area contributed by atoms with Gasteiger partial charge in [-0.15, -0.1) is 0 Å². The van der Waals surface area contributed by atoms with Crippen LogP contribution < -0.4 is 5.32 Å². The molecule has 1 fully saturated rings. The van der Waals surface area contributed by atoms with Crippen molar-refractivity contribution in [1.29, 1.82) is 0 Å². The van der Waals surface area contributed by atoms with E-state index in [0.717, 1.165) is 32.5 Å².